The first-order valence-electron chi connectivity index (χ1n) is 6.85. The van der Waals surface area contributed by atoms with E-state index < -0.39 is 11.9 Å². The van der Waals surface area contributed by atoms with Crippen LogP contribution in [-0.4, -0.2) is 36.1 Å². The van der Waals surface area contributed by atoms with E-state index in [-0.39, 0.29) is 24.3 Å². The molecule has 0 atom stereocenters. The molecule has 1 aliphatic rings. The second-order valence-corrected chi connectivity index (χ2v) is 4.75. The molecule has 0 fully saturated rings. The number of hydrogen-bond donors (Lipinski definition) is 1. The van der Waals surface area contributed by atoms with E-state index in [2.05, 4.69) is 0 Å². The van der Waals surface area contributed by atoms with Gasteiger partial charge in [0.1, 0.15) is 0 Å². The summed E-state index contributed by atoms with van der Waals surface area (Å²) in [4.78, 5) is 36.0. The van der Waals surface area contributed by atoms with Crippen LogP contribution in [0.3, 0.4) is 0 Å². The summed E-state index contributed by atoms with van der Waals surface area (Å²) < 4.78 is 4.79. The minimum absolute atomic E-state index is 0.0388. The predicted octanol–water partition coefficient (Wildman–Crippen LogP) is 1.62. The third-order valence-corrected chi connectivity index (χ3v) is 3.38. The second kappa shape index (κ2) is 6.39. The van der Waals surface area contributed by atoms with Crippen LogP contribution in [0.1, 0.15) is 35.7 Å². The average Bonchev–Trinajstić information content (AvgIpc) is 2.88. The highest BCUT2D eigenvalue weighted by atomic mass is 16.5. The quantitative estimate of drug-likeness (QED) is 0.833. The van der Waals surface area contributed by atoms with Gasteiger partial charge in [-0.2, -0.15) is 0 Å². The van der Waals surface area contributed by atoms with Crippen LogP contribution in [0.25, 0.3) is 0 Å². The number of hydrogen-bond acceptors (Lipinski definition) is 4. The summed E-state index contributed by atoms with van der Waals surface area (Å²) >= 11 is 0. The number of benzene rings is 1. The summed E-state index contributed by atoms with van der Waals surface area (Å²) in [5.41, 5.74) is 1.73. The first-order chi connectivity index (χ1) is 10.0. The molecule has 0 saturated heterocycles. The van der Waals surface area contributed by atoms with Crippen molar-refractivity contribution in [2.45, 2.75) is 26.2 Å². The van der Waals surface area contributed by atoms with Gasteiger partial charge >= 0.3 is 11.9 Å². The number of carbonyl (C=O) groups excluding carboxylic acids is 2. The summed E-state index contributed by atoms with van der Waals surface area (Å²) in [6.07, 6.45) is 0.799. The molecule has 1 amide bonds. The van der Waals surface area contributed by atoms with E-state index >= 15 is 0 Å². The molecule has 0 spiro atoms. The minimum Gasteiger partial charge on any atom is -0.478 e. The Bertz CT molecular complexity index is 581. The van der Waals surface area contributed by atoms with Crippen molar-refractivity contribution in [3.05, 3.63) is 29.3 Å². The summed E-state index contributed by atoms with van der Waals surface area (Å²) in [5, 5.41) is 9.01. The van der Waals surface area contributed by atoms with Crippen molar-refractivity contribution >= 4 is 23.5 Å². The van der Waals surface area contributed by atoms with Crippen molar-refractivity contribution < 1.29 is 24.2 Å². The maximum atomic E-state index is 12.2. The lowest BCUT2D eigenvalue weighted by atomic mass is 10.1. The van der Waals surface area contributed by atoms with Crippen LogP contribution < -0.4 is 4.90 Å². The van der Waals surface area contributed by atoms with Crippen LogP contribution >= 0.6 is 0 Å². The smallest absolute Gasteiger partial charge is 0.335 e. The molecule has 0 unspecified atom stereocenters. The number of carboxylic acids is 1. The molecule has 1 aromatic rings. The fourth-order valence-electron chi connectivity index (χ4n) is 2.35. The fraction of sp³-hybridized carbons (Fsp3) is 0.400. The number of carboxylic acid groups (broad SMARTS) is 1. The first kappa shape index (κ1) is 15.0. The molecule has 0 saturated carbocycles. The third kappa shape index (κ3) is 3.39. The zero-order valence-electron chi connectivity index (χ0n) is 11.8. The highest BCUT2D eigenvalue weighted by molar-refractivity contribution is 5.98. The summed E-state index contributed by atoms with van der Waals surface area (Å²) in [7, 11) is 0. The van der Waals surface area contributed by atoms with Gasteiger partial charge in [-0.05, 0) is 31.0 Å². The lowest BCUT2D eigenvalue weighted by molar-refractivity contribution is -0.144. The molecule has 1 aromatic carbocycles. The second-order valence-electron chi connectivity index (χ2n) is 4.75. The van der Waals surface area contributed by atoms with Gasteiger partial charge in [0.2, 0.25) is 5.91 Å². The number of fused-ring (bicyclic) bond motifs is 1. The van der Waals surface area contributed by atoms with Gasteiger partial charge in [0.25, 0.3) is 0 Å². The number of ether oxygens (including phenoxy) is 1. The first-order valence-corrected chi connectivity index (χ1v) is 6.85. The van der Waals surface area contributed by atoms with Crippen molar-refractivity contribution in [1.29, 1.82) is 0 Å². The van der Waals surface area contributed by atoms with Crippen LogP contribution in [-0.2, 0) is 20.7 Å². The number of carbonyl (C=O) groups is 3. The fourth-order valence-corrected chi connectivity index (χ4v) is 2.35. The molecule has 1 aliphatic heterocycles. The van der Waals surface area contributed by atoms with Gasteiger partial charge in [-0.3, -0.25) is 9.59 Å². The molecule has 1 heterocycles. The van der Waals surface area contributed by atoms with E-state index in [9.17, 15) is 14.4 Å². The lowest BCUT2D eigenvalue weighted by Gasteiger charge is -2.17. The van der Waals surface area contributed by atoms with Gasteiger partial charge < -0.3 is 14.7 Å². The maximum Gasteiger partial charge on any atom is 0.335 e. The van der Waals surface area contributed by atoms with Gasteiger partial charge in [0.05, 0.1) is 18.6 Å². The number of aromatic carboxylic acids is 1. The predicted molar refractivity (Wildman–Crippen MR) is 75.3 cm³/mol. The van der Waals surface area contributed by atoms with E-state index in [4.69, 9.17) is 9.84 Å². The van der Waals surface area contributed by atoms with Crippen LogP contribution in [0.15, 0.2) is 18.2 Å². The SMILES string of the molecule is CCOC(=O)CCC(=O)N1CCc2ccc(C(=O)O)cc21. The zero-order chi connectivity index (χ0) is 15.4. The molecule has 0 aromatic heterocycles. The topological polar surface area (TPSA) is 83.9 Å². The number of nitrogens with zero attached hydrogens (tertiary/aromatic N) is 1. The standard InChI is InChI=1S/C15H17NO5/c1-2-21-14(18)6-5-13(17)16-8-7-10-3-4-11(15(19)20)9-12(10)16/h3-4,9H,2,5-8H2,1H3,(H,19,20). The van der Waals surface area contributed by atoms with Crippen molar-refractivity contribution in [1.82, 2.24) is 0 Å². The molecule has 6 heteroatoms. The number of rotatable bonds is 5. The number of esters is 1. The lowest BCUT2D eigenvalue weighted by Crippen LogP contribution is -2.29. The summed E-state index contributed by atoms with van der Waals surface area (Å²) in [6, 6.07) is 4.78. The largest absolute Gasteiger partial charge is 0.478 e. The molecule has 0 radical (unpaired) electrons. The monoisotopic (exact) mass is 291 g/mol. The molecule has 21 heavy (non-hydrogen) atoms. The highest BCUT2D eigenvalue weighted by Crippen LogP contribution is 2.29. The molecule has 0 bridgehead atoms. The van der Waals surface area contributed by atoms with Crippen molar-refractivity contribution in [2.24, 2.45) is 0 Å². The van der Waals surface area contributed by atoms with Crippen molar-refractivity contribution in [3.8, 4) is 0 Å². The third-order valence-electron chi connectivity index (χ3n) is 3.38. The number of anilines is 1. The maximum absolute atomic E-state index is 12.2. The molecular weight excluding hydrogens is 274 g/mol. The van der Waals surface area contributed by atoms with E-state index in [0.29, 0.717) is 25.3 Å². The van der Waals surface area contributed by atoms with E-state index in [1.807, 2.05) is 0 Å². The Kier molecular flexibility index (Phi) is 4.57. The summed E-state index contributed by atoms with van der Waals surface area (Å²) in [5.74, 6) is -1.61. The molecule has 1 N–H and O–H groups in total. The van der Waals surface area contributed by atoms with Gasteiger partial charge in [0.15, 0.2) is 0 Å². The molecule has 6 nitrogen and oxygen atoms in total. The van der Waals surface area contributed by atoms with Crippen LogP contribution in [0.2, 0.25) is 0 Å². The van der Waals surface area contributed by atoms with Crippen LogP contribution in [0, 0.1) is 0 Å². The van der Waals surface area contributed by atoms with Crippen molar-refractivity contribution in [3.63, 3.8) is 0 Å². The van der Waals surface area contributed by atoms with Gasteiger partial charge in [-0.1, -0.05) is 6.07 Å². The normalized spacial score (nSPS) is 12.9. The molecular formula is C15H17NO5. The highest BCUT2D eigenvalue weighted by Gasteiger charge is 2.25. The Hall–Kier alpha value is -2.37. The average molecular weight is 291 g/mol. The Morgan fingerprint density at radius 1 is 1.29 bits per heavy atom. The Morgan fingerprint density at radius 3 is 2.71 bits per heavy atom. The Labute approximate surface area is 122 Å². The van der Waals surface area contributed by atoms with Crippen molar-refractivity contribution in [2.75, 3.05) is 18.1 Å². The Balaban J connectivity index is 2.07. The van der Waals surface area contributed by atoms with E-state index in [1.165, 1.54) is 12.1 Å². The van der Waals surface area contributed by atoms with Gasteiger partial charge in [-0.15, -0.1) is 0 Å². The van der Waals surface area contributed by atoms with E-state index in [0.717, 1.165) is 5.56 Å². The zero-order valence-corrected chi connectivity index (χ0v) is 11.8. The van der Waals surface area contributed by atoms with Crippen LogP contribution in [0.5, 0.6) is 0 Å². The molecule has 0 aliphatic carbocycles. The Morgan fingerprint density at radius 2 is 2.05 bits per heavy atom. The minimum atomic E-state index is -1.02. The van der Waals surface area contributed by atoms with Gasteiger partial charge in [0, 0.05) is 18.7 Å². The molecule has 112 valence electrons. The van der Waals surface area contributed by atoms with Crippen LogP contribution in [0.4, 0.5) is 5.69 Å². The number of amides is 1. The van der Waals surface area contributed by atoms with Gasteiger partial charge in [-0.25, -0.2) is 4.79 Å². The van der Waals surface area contributed by atoms with E-state index in [1.54, 1.807) is 17.9 Å². The summed E-state index contributed by atoms with van der Waals surface area (Å²) in [6.45, 7) is 2.52. The molecule has 2 rings (SSSR count).